The Bertz CT molecular complexity index is 2300. The van der Waals surface area contributed by atoms with E-state index in [2.05, 4.69) is 10.6 Å². The van der Waals surface area contributed by atoms with E-state index in [4.69, 9.17) is 5.73 Å². The summed E-state index contributed by atoms with van der Waals surface area (Å²) in [5, 5.41) is 5.93. The molecule has 0 atom stereocenters. The number of hydrogen-bond donors (Lipinski definition) is 3. The first kappa shape index (κ1) is 46.3. The Kier molecular flexibility index (Phi) is 13.9. The van der Waals surface area contributed by atoms with E-state index in [1.807, 2.05) is 0 Å². The molecule has 2 spiro atoms. The number of aryl methyl sites for hydroxylation is 1. The number of nitrogens with one attached hydrogen (secondary N) is 2. The summed E-state index contributed by atoms with van der Waals surface area (Å²) in [6.07, 6.45) is -3.22. The van der Waals surface area contributed by atoms with Crippen LogP contribution in [0.3, 0.4) is 0 Å². The molecule has 2 aliphatic heterocycles. The maximum Gasteiger partial charge on any atom is 0.416 e. The number of rotatable bonds is 3. The number of halogens is 9. The van der Waals surface area contributed by atoms with Crippen LogP contribution in [0.5, 0.6) is 0 Å². The number of fused-ring (bicyclic) bond motifs is 2. The van der Waals surface area contributed by atoms with E-state index in [1.54, 1.807) is 30.0 Å². The first-order valence-corrected chi connectivity index (χ1v) is 20.3. The Morgan fingerprint density at radius 3 is 1.65 bits per heavy atom. The second kappa shape index (κ2) is 18.6. The summed E-state index contributed by atoms with van der Waals surface area (Å²) in [5.41, 5.74) is 6.52. The SMILES string of the molecule is Cc1ccc(CNC(=O)N2CCC3(CC2)CC(=O)c2cc(F)ccc2C3)c(C(F)(F)F)c1.NCc1ccc(F)cc1C(F)(F)F.O=C1CC2(CCNCC2)Cc2ccc(F)cc21. The van der Waals surface area contributed by atoms with Crippen LogP contribution in [0, 0.1) is 35.2 Å². The summed E-state index contributed by atoms with van der Waals surface area (Å²) in [5.74, 6) is -1.61. The third-order valence-corrected chi connectivity index (χ3v) is 12.3. The van der Waals surface area contributed by atoms with Gasteiger partial charge in [0.25, 0.3) is 0 Å². The molecule has 4 aliphatic rings. The van der Waals surface area contributed by atoms with Gasteiger partial charge in [-0.1, -0.05) is 35.9 Å². The van der Waals surface area contributed by atoms with Gasteiger partial charge in [0.05, 0.1) is 11.1 Å². The molecule has 16 heteroatoms. The molecule has 4 aromatic carbocycles. The molecule has 0 radical (unpaired) electrons. The molecule has 332 valence electrons. The molecule has 0 aromatic heterocycles. The highest BCUT2D eigenvalue weighted by molar-refractivity contribution is 5.99. The molecule has 4 aromatic rings. The number of urea groups is 1. The van der Waals surface area contributed by atoms with Gasteiger partial charge in [0.15, 0.2) is 11.6 Å². The number of amides is 2. The Morgan fingerprint density at radius 2 is 1.13 bits per heavy atom. The van der Waals surface area contributed by atoms with Crippen LogP contribution in [-0.2, 0) is 38.3 Å². The van der Waals surface area contributed by atoms with Crippen molar-refractivity contribution >= 4 is 17.6 Å². The van der Waals surface area contributed by atoms with Crippen LogP contribution >= 0.6 is 0 Å². The summed E-state index contributed by atoms with van der Waals surface area (Å²) < 4.78 is 116. The molecule has 0 saturated carbocycles. The fraction of sp³-hybridized carbons (Fsp3) is 0.413. The molecule has 2 heterocycles. The number of carbonyl (C=O) groups is 3. The number of ketones is 2. The standard InChI is InChI=1S/C24H24F4N2O2.C14H16FNO.C8H7F4N/c1-15-2-3-17(20(10-15)24(26,27)28)14-29-22(32)30-8-6-23(7-9-30)12-16-4-5-18(25)11-19(16)21(31)13-23;15-11-2-1-10-8-14(3-5-16-6-4-14)9-13(17)12(10)7-11;9-6-2-1-5(4-13)7(3-6)8(10,11)12/h2-5,10-11H,6-9,12-14H2,1H3,(H,29,32);1-2,7,16H,3-6,8-9H2;1-3H,4,13H2. The van der Waals surface area contributed by atoms with Gasteiger partial charge in [-0.2, -0.15) is 26.3 Å². The third-order valence-electron chi connectivity index (χ3n) is 12.3. The average molecular weight is 875 g/mol. The Labute approximate surface area is 353 Å². The number of benzene rings is 4. The molecule has 2 amide bonds. The molecular formula is C46H47F9N4O3. The molecule has 2 saturated heterocycles. The Hall–Kier alpha value is -5.22. The number of nitrogens with zero attached hydrogens (tertiary/aromatic N) is 1. The van der Waals surface area contributed by atoms with Crippen molar-refractivity contribution in [1.29, 1.82) is 0 Å². The number of nitrogens with two attached hydrogens (primary N) is 1. The topological polar surface area (TPSA) is 105 Å². The number of likely N-dealkylation sites (tertiary alicyclic amines) is 1. The monoisotopic (exact) mass is 874 g/mol. The first-order valence-electron chi connectivity index (χ1n) is 20.3. The second-order valence-corrected chi connectivity index (χ2v) is 16.7. The van der Waals surface area contributed by atoms with Gasteiger partial charge in [0.2, 0.25) is 0 Å². The second-order valence-electron chi connectivity index (χ2n) is 16.7. The predicted octanol–water partition coefficient (Wildman–Crippen LogP) is 9.90. The van der Waals surface area contributed by atoms with Crippen molar-refractivity contribution in [2.45, 2.75) is 83.7 Å². The summed E-state index contributed by atoms with van der Waals surface area (Å²) in [6, 6.07) is 15.0. The number of alkyl halides is 6. The van der Waals surface area contributed by atoms with Gasteiger partial charge in [0.1, 0.15) is 17.5 Å². The molecule has 8 rings (SSSR count). The predicted molar refractivity (Wildman–Crippen MR) is 214 cm³/mol. The first-order chi connectivity index (χ1) is 29.2. The summed E-state index contributed by atoms with van der Waals surface area (Å²) >= 11 is 0. The van der Waals surface area contributed by atoms with Crippen LogP contribution < -0.4 is 16.4 Å². The minimum atomic E-state index is -4.54. The molecule has 62 heavy (non-hydrogen) atoms. The van der Waals surface area contributed by atoms with Gasteiger partial charge < -0.3 is 21.3 Å². The van der Waals surface area contributed by atoms with Crippen molar-refractivity contribution in [3.05, 3.63) is 140 Å². The van der Waals surface area contributed by atoms with Crippen molar-refractivity contribution in [3.63, 3.8) is 0 Å². The number of piperidine rings is 2. The minimum Gasteiger partial charge on any atom is -0.334 e. The maximum atomic E-state index is 13.5. The smallest absolute Gasteiger partial charge is 0.334 e. The zero-order chi connectivity index (χ0) is 45.0. The molecule has 2 aliphatic carbocycles. The highest BCUT2D eigenvalue weighted by Gasteiger charge is 2.43. The van der Waals surface area contributed by atoms with Crippen LogP contribution in [-0.4, -0.2) is 48.7 Å². The average Bonchev–Trinajstić information content (AvgIpc) is 3.21. The van der Waals surface area contributed by atoms with Crippen LogP contribution in [0.4, 0.5) is 44.3 Å². The fourth-order valence-electron chi connectivity index (χ4n) is 8.96. The van der Waals surface area contributed by atoms with Crippen molar-refractivity contribution in [1.82, 2.24) is 15.5 Å². The summed E-state index contributed by atoms with van der Waals surface area (Å²) in [4.78, 5) is 38.9. The molecule has 2 fully saturated rings. The lowest BCUT2D eigenvalue weighted by molar-refractivity contribution is -0.139. The number of carbonyl (C=O) groups excluding carboxylic acids is 3. The van der Waals surface area contributed by atoms with E-state index in [-0.39, 0.29) is 52.4 Å². The third kappa shape index (κ3) is 11.0. The number of Topliss-reactive ketones (excluding diaryl/α,β-unsaturated/α-hetero) is 2. The zero-order valence-electron chi connectivity index (χ0n) is 34.0. The molecular weight excluding hydrogens is 828 g/mol. The van der Waals surface area contributed by atoms with E-state index in [0.717, 1.165) is 61.7 Å². The van der Waals surface area contributed by atoms with Gasteiger partial charge in [-0.15, -0.1) is 0 Å². The minimum absolute atomic E-state index is 0.0200. The highest BCUT2D eigenvalue weighted by atomic mass is 19.4. The highest BCUT2D eigenvalue weighted by Crippen LogP contribution is 2.44. The lowest BCUT2D eigenvalue weighted by Gasteiger charge is -2.44. The lowest BCUT2D eigenvalue weighted by Crippen LogP contribution is -2.49. The maximum absolute atomic E-state index is 13.5. The van der Waals surface area contributed by atoms with E-state index < -0.39 is 41.1 Å². The van der Waals surface area contributed by atoms with Gasteiger partial charge >= 0.3 is 18.4 Å². The van der Waals surface area contributed by atoms with E-state index in [1.165, 1.54) is 30.3 Å². The fourth-order valence-corrected chi connectivity index (χ4v) is 8.96. The van der Waals surface area contributed by atoms with Crippen molar-refractivity contribution in [2.75, 3.05) is 26.2 Å². The van der Waals surface area contributed by atoms with E-state index >= 15 is 0 Å². The van der Waals surface area contributed by atoms with Crippen LogP contribution in [0.25, 0.3) is 0 Å². The number of hydrogen-bond acceptors (Lipinski definition) is 5. The quantitative estimate of drug-likeness (QED) is 0.178. The van der Waals surface area contributed by atoms with Gasteiger partial charge in [-0.3, -0.25) is 9.59 Å². The lowest BCUT2D eigenvalue weighted by atomic mass is 9.66. The molecule has 4 N–H and O–H groups in total. The summed E-state index contributed by atoms with van der Waals surface area (Å²) in [6.45, 7) is 3.92. The Balaban J connectivity index is 0.000000177. The van der Waals surface area contributed by atoms with Crippen LogP contribution in [0.2, 0.25) is 0 Å². The summed E-state index contributed by atoms with van der Waals surface area (Å²) in [7, 11) is 0. The zero-order valence-corrected chi connectivity index (χ0v) is 34.0. The molecule has 0 bridgehead atoms. The van der Waals surface area contributed by atoms with Crippen LogP contribution in [0.15, 0.2) is 72.8 Å². The van der Waals surface area contributed by atoms with E-state index in [0.29, 0.717) is 68.0 Å². The Morgan fingerprint density at radius 1 is 0.661 bits per heavy atom. The van der Waals surface area contributed by atoms with Gasteiger partial charge in [-0.25, -0.2) is 18.0 Å². The normalized spacial score (nSPS) is 17.9. The van der Waals surface area contributed by atoms with Gasteiger partial charge in [0, 0.05) is 50.1 Å². The van der Waals surface area contributed by atoms with Crippen molar-refractivity contribution in [3.8, 4) is 0 Å². The molecule has 7 nitrogen and oxygen atoms in total. The van der Waals surface area contributed by atoms with Crippen LogP contribution in [0.1, 0.15) is 98.2 Å². The largest absolute Gasteiger partial charge is 0.416 e. The molecule has 0 unspecified atom stereocenters. The van der Waals surface area contributed by atoms with Gasteiger partial charge in [-0.05, 0) is 134 Å². The van der Waals surface area contributed by atoms with Crippen molar-refractivity contribution < 1.29 is 53.9 Å². The van der Waals surface area contributed by atoms with Crippen molar-refractivity contribution in [2.24, 2.45) is 16.6 Å². The van der Waals surface area contributed by atoms with E-state index in [9.17, 15) is 53.9 Å².